The van der Waals surface area contributed by atoms with Crippen LogP contribution in [0.4, 0.5) is 17.1 Å². The van der Waals surface area contributed by atoms with Crippen molar-refractivity contribution in [2.24, 2.45) is 0 Å². The van der Waals surface area contributed by atoms with Gasteiger partial charge >= 0.3 is 0 Å². The summed E-state index contributed by atoms with van der Waals surface area (Å²) in [6.45, 7) is 0. The number of aromatic nitrogens is 2. The molecule has 3 nitrogen and oxygen atoms in total. The van der Waals surface area contributed by atoms with Gasteiger partial charge in [0.05, 0.1) is 22.1 Å². The van der Waals surface area contributed by atoms with Crippen LogP contribution < -0.4 is 4.90 Å². The van der Waals surface area contributed by atoms with Gasteiger partial charge in [-0.2, -0.15) is 0 Å². The summed E-state index contributed by atoms with van der Waals surface area (Å²) >= 11 is 0. The molecule has 0 aliphatic carbocycles. The van der Waals surface area contributed by atoms with Crippen molar-refractivity contribution in [3.05, 3.63) is 237 Å². The van der Waals surface area contributed by atoms with Gasteiger partial charge in [-0.3, -0.25) is 0 Å². The molecule has 12 aromatic rings. The monoisotopic (exact) mass is 777 g/mol. The summed E-state index contributed by atoms with van der Waals surface area (Å²) in [6, 6.07) is 86.0. The summed E-state index contributed by atoms with van der Waals surface area (Å²) in [7, 11) is 0. The average molecular weight is 778 g/mol. The lowest BCUT2D eigenvalue weighted by Gasteiger charge is -2.26. The number of para-hydroxylation sites is 4. The number of anilines is 3. The molecule has 2 aromatic heterocycles. The molecule has 0 N–H and O–H groups in total. The van der Waals surface area contributed by atoms with Crippen LogP contribution in [0, 0.1) is 0 Å². The third-order valence-corrected chi connectivity index (χ3v) is 12.3. The zero-order chi connectivity index (χ0) is 40.3. The quantitative estimate of drug-likeness (QED) is 0.157. The lowest BCUT2D eigenvalue weighted by molar-refractivity contribution is 1.18. The Bertz CT molecular complexity index is 3530. The van der Waals surface area contributed by atoms with Gasteiger partial charge in [0.2, 0.25) is 0 Å². The molecular formula is C58H39N3. The smallest absolute Gasteiger partial charge is 0.0542 e. The molecule has 0 aliphatic rings. The lowest BCUT2D eigenvalue weighted by Crippen LogP contribution is -2.10. The molecule has 0 aliphatic heterocycles. The second kappa shape index (κ2) is 14.3. The van der Waals surface area contributed by atoms with Crippen LogP contribution in [0.3, 0.4) is 0 Å². The highest BCUT2D eigenvalue weighted by molar-refractivity contribution is 6.12. The van der Waals surface area contributed by atoms with Crippen molar-refractivity contribution in [2.45, 2.75) is 0 Å². The first-order chi connectivity index (χ1) is 30.3. The van der Waals surface area contributed by atoms with Crippen LogP contribution in [0.15, 0.2) is 237 Å². The fourth-order valence-electron chi connectivity index (χ4n) is 9.51. The standard InChI is InChI=1S/C58H39N3/c1-3-16-40(17-4-1)42-19-15-22-46(36-42)59(47-34-35-58-54(38-47)52-26-11-14-29-57(52)60(58)44-20-5-2-6-21-44)45-32-30-41(31-33-45)53-39-48(37-43-18-7-8-23-49(43)53)61-55-27-12-9-24-50(55)51-25-10-13-28-56(51)61/h1-39H. The maximum Gasteiger partial charge on any atom is 0.0542 e. The molecule has 3 heteroatoms. The van der Waals surface area contributed by atoms with Crippen molar-refractivity contribution in [1.29, 1.82) is 0 Å². The number of fused-ring (bicyclic) bond motifs is 7. The Hall–Kier alpha value is -8.14. The van der Waals surface area contributed by atoms with Crippen molar-refractivity contribution in [2.75, 3.05) is 4.90 Å². The lowest BCUT2D eigenvalue weighted by atomic mass is 9.96. The number of rotatable bonds is 7. The summed E-state index contributed by atoms with van der Waals surface area (Å²) in [5.41, 5.74) is 15.1. The van der Waals surface area contributed by atoms with Crippen LogP contribution in [-0.2, 0) is 0 Å². The number of nitrogens with zero attached hydrogens (tertiary/aromatic N) is 3. The van der Waals surface area contributed by atoms with Crippen LogP contribution in [0.1, 0.15) is 0 Å². The Kier molecular flexibility index (Phi) is 8.17. The van der Waals surface area contributed by atoms with E-state index in [1.54, 1.807) is 0 Å². The van der Waals surface area contributed by atoms with Crippen LogP contribution >= 0.6 is 0 Å². The number of hydrogen-bond donors (Lipinski definition) is 0. The largest absolute Gasteiger partial charge is 0.310 e. The van der Waals surface area contributed by atoms with Gasteiger partial charge in [-0.25, -0.2) is 0 Å². The summed E-state index contributed by atoms with van der Waals surface area (Å²) in [6.07, 6.45) is 0. The van der Waals surface area contributed by atoms with Crippen molar-refractivity contribution in [1.82, 2.24) is 9.13 Å². The van der Waals surface area contributed by atoms with Gasteiger partial charge in [-0.15, -0.1) is 0 Å². The Morgan fingerprint density at radius 3 is 1.46 bits per heavy atom. The minimum Gasteiger partial charge on any atom is -0.310 e. The highest BCUT2D eigenvalue weighted by Crippen LogP contribution is 2.42. The van der Waals surface area contributed by atoms with E-state index in [1.807, 2.05) is 0 Å². The van der Waals surface area contributed by atoms with E-state index >= 15 is 0 Å². The zero-order valence-electron chi connectivity index (χ0n) is 33.4. The van der Waals surface area contributed by atoms with Gasteiger partial charge < -0.3 is 14.0 Å². The Labute approximate surface area is 354 Å². The summed E-state index contributed by atoms with van der Waals surface area (Å²) < 4.78 is 4.79. The molecule has 0 radical (unpaired) electrons. The molecule has 286 valence electrons. The highest BCUT2D eigenvalue weighted by atomic mass is 15.1. The maximum atomic E-state index is 2.42. The second-order valence-corrected chi connectivity index (χ2v) is 15.8. The highest BCUT2D eigenvalue weighted by Gasteiger charge is 2.19. The van der Waals surface area contributed by atoms with Gasteiger partial charge in [-0.1, -0.05) is 152 Å². The minimum atomic E-state index is 1.09. The van der Waals surface area contributed by atoms with E-state index in [1.165, 1.54) is 76.6 Å². The molecule has 0 amide bonds. The molecule has 12 rings (SSSR count). The van der Waals surface area contributed by atoms with E-state index in [0.717, 1.165) is 28.4 Å². The molecule has 0 saturated carbocycles. The first-order valence-electron chi connectivity index (χ1n) is 20.9. The van der Waals surface area contributed by atoms with Gasteiger partial charge in [0, 0.05) is 50.0 Å². The second-order valence-electron chi connectivity index (χ2n) is 15.8. The number of hydrogen-bond acceptors (Lipinski definition) is 1. The molecule has 2 heterocycles. The predicted molar refractivity (Wildman–Crippen MR) is 258 cm³/mol. The molecule has 0 spiro atoms. The van der Waals surface area contributed by atoms with Gasteiger partial charge in [0.15, 0.2) is 0 Å². The summed E-state index contributed by atoms with van der Waals surface area (Å²) in [5, 5.41) is 7.40. The van der Waals surface area contributed by atoms with E-state index in [-0.39, 0.29) is 0 Å². The molecule has 0 bridgehead atoms. The van der Waals surface area contributed by atoms with Crippen molar-refractivity contribution < 1.29 is 0 Å². The molecule has 0 fully saturated rings. The third-order valence-electron chi connectivity index (χ3n) is 12.3. The van der Waals surface area contributed by atoms with Crippen molar-refractivity contribution in [3.8, 4) is 33.6 Å². The first kappa shape index (κ1) is 34.9. The average Bonchev–Trinajstić information content (AvgIpc) is 3.85. The van der Waals surface area contributed by atoms with E-state index in [4.69, 9.17) is 0 Å². The Morgan fingerprint density at radius 2 is 0.770 bits per heavy atom. The Morgan fingerprint density at radius 1 is 0.262 bits per heavy atom. The zero-order valence-corrected chi connectivity index (χ0v) is 33.4. The van der Waals surface area contributed by atoms with Gasteiger partial charge in [-0.05, 0) is 118 Å². The molecule has 0 unspecified atom stereocenters. The maximum absolute atomic E-state index is 2.42. The normalized spacial score (nSPS) is 11.6. The predicted octanol–water partition coefficient (Wildman–Crippen LogP) is 15.8. The van der Waals surface area contributed by atoms with Crippen LogP contribution in [0.25, 0.3) is 88.0 Å². The van der Waals surface area contributed by atoms with Crippen molar-refractivity contribution >= 4 is 71.4 Å². The van der Waals surface area contributed by atoms with E-state index in [0.29, 0.717) is 0 Å². The summed E-state index contributed by atoms with van der Waals surface area (Å²) in [5.74, 6) is 0. The molecule has 0 atom stereocenters. The van der Waals surface area contributed by atoms with Crippen molar-refractivity contribution in [3.63, 3.8) is 0 Å². The van der Waals surface area contributed by atoms with Gasteiger partial charge in [0.25, 0.3) is 0 Å². The van der Waals surface area contributed by atoms with Crippen LogP contribution in [0.5, 0.6) is 0 Å². The van der Waals surface area contributed by atoms with E-state index in [9.17, 15) is 0 Å². The number of benzene rings is 10. The molecular weight excluding hydrogens is 739 g/mol. The summed E-state index contributed by atoms with van der Waals surface area (Å²) in [4.78, 5) is 2.40. The van der Waals surface area contributed by atoms with Crippen LogP contribution in [-0.4, -0.2) is 9.13 Å². The first-order valence-corrected chi connectivity index (χ1v) is 20.9. The minimum absolute atomic E-state index is 1.09. The topological polar surface area (TPSA) is 13.1 Å². The third kappa shape index (κ3) is 5.82. The fourth-order valence-corrected chi connectivity index (χ4v) is 9.51. The molecule has 0 saturated heterocycles. The SMILES string of the molecule is c1ccc(-c2cccc(N(c3ccc(-c4cc(-n5c6ccccc6c6ccccc65)cc5ccccc45)cc3)c3ccc4c(c3)c3ccccc3n4-c3ccccc3)c2)cc1. The van der Waals surface area contributed by atoms with Gasteiger partial charge in [0.1, 0.15) is 0 Å². The fraction of sp³-hybridized carbons (Fsp3) is 0. The van der Waals surface area contributed by atoms with E-state index in [2.05, 4.69) is 251 Å². The molecule has 61 heavy (non-hydrogen) atoms. The van der Waals surface area contributed by atoms with E-state index < -0.39 is 0 Å². The van der Waals surface area contributed by atoms with Crippen LogP contribution in [0.2, 0.25) is 0 Å². The molecule has 10 aromatic carbocycles. The Balaban J connectivity index is 1.03.